The number of aryl methyl sites for hydroxylation is 1. The molecule has 22 heavy (non-hydrogen) atoms. The molecule has 1 aromatic heterocycles. The fourth-order valence-corrected chi connectivity index (χ4v) is 2.30. The highest BCUT2D eigenvalue weighted by Gasteiger charge is 2.30. The predicted molar refractivity (Wildman–Crippen MR) is 74.2 cm³/mol. The highest BCUT2D eigenvalue weighted by atomic mass is 32.2. The number of thioether (sulfide) groups is 1. The van der Waals surface area contributed by atoms with Crippen molar-refractivity contribution in [3.63, 3.8) is 0 Å². The normalized spacial score (nSPS) is 13.0. The summed E-state index contributed by atoms with van der Waals surface area (Å²) in [4.78, 5) is 12.0. The van der Waals surface area contributed by atoms with Gasteiger partial charge in [0.1, 0.15) is 0 Å². The molecule has 0 radical (unpaired) electrons. The zero-order valence-corrected chi connectivity index (χ0v) is 12.4. The van der Waals surface area contributed by atoms with E-state index in [-0.39, 0.29) is 5.69 Å². The van der Waals surface area contributed by atoms with E-state index in [0.717, 1.165) is 23.9 Å². The molecule has 1 heterocycles. The summed E-state index contributed by atoms with van der Waals surface area (Å²) in [6.45, 7) is 1.61. The van der Waals surface area contributed by atoms with Crippen LogP contribution in [-0.4, -0.2) is 31.4 Å². The van der Waals surface area contributed by atoms with Crippen LogP contribution in [0.15, 0.2) is 29.4 Å². The van der Waals surface area contributed by atoms with Crippen LogP contribution in [0.2, 0.25) is 0 Å². The molecular formula is C12H12F3N5OS. The third-order valence-corrected chi connectivity index (χ3v) is 3.81. The number of anilines is 1. The van der Waals surface area contributed by atoms with E-state index in [1.54, 1.807) is 14.0 Å². The zero-order chi connectivity index (χ0) is 16.3. The van der Waals surface area contributed by atoms with Crippen LogP contribution in [0.4, 0.5) is 18.9 Å². The molecule has 0 aliphatic carbocycles. The number of nitrogens with zero attached hydrogens (tertiary/aromatic N) is 4. The Morgan fingerprint density at radius 3 is 2.73 bits per heavy atom. The molecule has 118 valence electrons. The molecule has 0 fully saturated rings. The van der Waals surface area contributed by atoms with Gasteiger partial charge in [-0.25, -0.2) is 4.68 Å². The van der Waals surface area contributed by atoms with Crippen molar-refractivity contribution < 1.29 is 18.0 Å². The minimum absolute atomic E-state index is 0.0864. The van der Waals surface area contributed by atoms with Crippen LogP contribution < -0.4 is 5.32 Å². The van der Waals surface area contributed by atoms with Crippen molar-refractivity contribution in [2.75, 3.05) is 5.32 Å². The molecule has 0 aliphatic rings. The van der Waals surface area contributed by atoms with Gasteiger partial charge in [0, 0.05) is 12.7 Å². The molecule has 2 aromatic rings. The van der Waals surface area contributed by atoms with Crippen molar-refractivity contribution in [2.24, 2.45) is 7.05 Å². The summed E-state index contributed by atoms with van der Waals surface area (Å²) in [6.07, 6.45) is -4.45. The van der Waals surface area contributed by atoms with Gasteiger partial charge in [-0.3, -0.25) is 4.79 Å². The van der Waals surface area contributed by atoms with Crippen molar-refractivity contribution in [1.29, 1.82) is 0 Å². The first-order valence-corrected chi connectivity index (χ1v) is 7.02. The molecule has 0 unspecified atom stereocenters. The van der Waals surface area contributed by atoms with E-state index in [2.05, 4.69) is 20.8 Å². The van der Waals surface area contributed by atoms with Gasteiger partial charge in [-0.1, -0.05) is 17.8 Å². The summed E-state index contributed by atoms with van der Waals surface area (Å²) < 4.78 is 39.3. The Labute approximate surface area is 128 Å². The number of benzene rings is 1. The van der Waals surface area contributed by atoms with Crippen molar-refractivity contribution >= 4 is 23.4 Å². The molecule has 1 atom stereocenters. The lowest BCUT2D eigenvalue weighted by Crippen LogP contribution is -2.23. The Morgan fingerprint density at radius 2 is 2.14 bits per heavy atom. The number of alkyl halides is 3. The molecule has 0 saturated carbocycles. The summed E-state index contributed by atoms with van der Waals surface area (Å²) >= 11 is 1.11. The van der Waals surface area contributed by atoms with Crippen LogP contribution in [0.3, 0.4) is 0 Å². The van der Waals surface area contributed by atoms with Crippen LogP contribution in [0.1, 0.15) is 12.5 Å². The van der Waals surface area contributed by atoms with Gasteiger partial charge >= 0.3 is 6.18 Å². The van der Waals surface area contributed by atoms with E-state index in [0.29, 0.717) is 5.16 Å². The second kappa shape index (κ2) is 6.34. The third kappa shape index (κ3) is 3.97. The van der Waals surface area contributed by atoms with Crippen LogP contribution in [0.5, 0.6) is 0 Å². The molecule has 10 heteroatoms. The second-order valence-electron chi connectivity index (χ2n) is 4.41. The van der Waals surface area contributed by atoms with Crippen LogP contribution in [0.25, 0.3) is 0 Å². The molecule has 1 aromatic carbocycles. The topological polar surface area (TPSA) is 72.7 Å². The summed E-state index contributed by atoms with van der Waals surface area (Å²) in [7, 11) is 1.62. The highest BCUT2D eigenvalue weighted by Crippen LogP contribution is 2.31. The average Bonchev–Trinajstić information content (AvgIpc) is 2.83. The molecule has 0 saturated heterocycles. The molecule has 1 amide bonds. The van der Waals surface area contributed by atoms with Crippen molar-refractivity contribution in [3.05, 3.63) is 29.8 Å². The van der Waals surface area contributed by atoms with Gasteiger partial charge in [0.05, 0.1) is 10.8 Å². The summed E-state index contributed by atoms with van der Waals surface area (Å²) in [6, 6.07) is 4.47. The number of halogens is 3. The van der Waals surface area contributed by atoms with Gasteiger partial charge in [0.2, 0.25) is 11.1 Å². The number of tetrazole rings is 1. The van der Waals surface area contributed by atoms with Crippen LogP contribution in [0, 0.1) is 0 Å². The van der Waals surface area contributed by atoms with Gasteiger partial charge in [-0.2, -0.15) is 13.2 Å². The van der Waals surface area contributed by atoms with Crippen molar-refractivity contribution in [2.45, 2.75) is 23.5 Å². The number of rotatable bonds is 4. The van der Waals surface area contributed by atoms with E-state index < -0.39 is 22.9 Å². The quantitative estimate of drug-likeness (QED) is 0.871. The molecule has 1 N–H and O–H groups in total. The first-order valence-electron chi connectivity index (χ1n) is 6.14. The third-order valence-electron chi connectivity index (χ3n) is 2.69. The fraction of sp³-hybridized carbons (Fsp3) is 0.333. The molecule has 0 bridgehead atoms. The first-order chi connectivity index (χ1) is 10.3. The number of hydrogen-bond donors (Lipinski definition) is 1. The predicted octanol–water partition coefficient (Wildman–Crippen LogP) is 2.35. The SMILES string of the molecule is C[C@H](Sc1nnnn1C)C(=O)Nc1cccc(C(F)(F)F)c1. The number of amides is 1. The number of aromatic nitrogens is 4. The number of carbonyl (C=O) groups is 1. The van der Waals surface area contributed by atoms with Crippen molar-refractivity contribution in [3.8, 4) is 0 Å². The Kier molecular flexibility index (Phi) is 4.69. The summed E-state index contributed by atoms with van der Waals surface area (Å²) in [5, 5.41) is 13.1. The Bertz CT molecular complexity index is 673. The Balaban J connectivity index is 2.04. The van der Waals surface area contributed by atoms with E-state index in [9.17, 15) is 18.0 Å². The highest BCUT2D eigenvalue weighted by molar-refractivity contribution is 8.00. The lowest BCUT2D eigenvalue weighted by atomic mass is 10.2. The van der Waals surface area contributed by atoms with Gasteiger partial charge in [0.25, 0.3) is 0 Å². The Hall–Kier alpha value is -2.10. The molecule has 6 nitrogen and oxygen atoms in total. The minimum Gasteiger partial charge on any atom is -0.325 e. The maximum absolute atomic E-state index is 12.6. The monoisotopic (exact) mass is 331 g/mol. The fourth-order valence-electron chi connectivity index (χ4n) is 1.55. The van der Waals surface area contributed by atoms with Crippen molar-refractivity contribution in [1.82, 2.24) is 20.2 Å². The largest absolute Gasteiger partial charge is 0.416 e. The maximum Gasteiger partial charge on any atom is 0.416 e. The lowest BCUT2D eigenvalue weighted by molar-refractivity contribution is -0.137. The number of carbonyl (C=O) groups excluding carboxylic acids is 1. The van der Waals surface area contributed by atoms with Gasteiger partial charge in [-0.15, -0.1) is 5.10 Å². The summed E-state index contributed by atoms with van der Waals surface area (Å²) in [5.74, 6) is -0.438. The van der Waals surface area contributed by atoms with E-state index in [1.165, 1.54) is 16.8 Å². The molecule has 0 aliphatic heterocycles. The molecular weight excluding hydrogens is 319 g/mol. The number of nitrogens with one attached hydrogen (secondary N) is 1. The van der Waals surface area contributed by atoms with Gasteiger partial charge in [0.15, 0.2) is 0 Å². The zero-order valence-electron chi connectivity index (χ0n) is 11.6. The van der Waals surface area contributed by atoms with E-state index in [1.807, 2.05) is 0 Å². The van der Waals surface area contributed by atoms with E-state index in [4.69, 9.17) is 0 Å². The van der Waals surface area contributed by atoms with Gasteiger partial charge in [-0.05, 0) is 35.5 Å². The smallest absolute Gasteiger partial charge is 0.325 e. The molecule has 0 spiro atoms. The maximum atomic E-state index is 12.6. The lowest BCUT2D eigenvalue weighted by Gasteiger charge is -2.12. The average molecular weight is 331 g/mol. The van der Waals surface area contributed by atoms with Crippen LogP contribution >= 0.6 is 11.8 Å². The summed E-state index contributed by atoms with van der Waals surface area (Å²) in [5.41, 5.74) is -0.730. The Morgan fingerprint density at radius 1 is 1.41 bits per heavy atom. The second-order valence-corrected chi connectivity index (χ2v) is 5.72. The number of hydrogen-bond acceptors (Lipinski definition) is 5. The van der Waals surface area contributed by atoms with Crippen LogP contribution in [-0.2, 0) is 18.0 Å². The minimum atomic E-state index is -4.45. The molecule has 2 rings (SSSR count). The van der Waals surface area contributed by atoms with E-state index >= 15 is 0 Å². The first kappa shape index (κ1) is 16.3. The van der Waals surface area contributed by atoms with Gasteiger partial charge < -0.3 is 5.32 Å². The standard InChI is InChI=1S/C12H12F3N5OS/c1-7(22-11-17-18-19-20(11)2)10(21)16-9-5-3-4-8(6-9)12(13,14)15/h3-7H,1-2H3,(H,16,21)/t7-/m0/s1.